The van der Waals surface area contributed by atoms with Gasteiger partial charge in [-0.2, -0.15) is 4.68 Å². The lowest BCUT2D eigenvalue weighted by molar-refractivity contribution is 0.0334. The van der Waals surface area contributed by atoms with Gasteiger partial charge in [0.15, 0.2) is 5.82 Å². The van der Waals surface area contributed by atoms with Gasteiger partial charge in [0, 0.05) is 26.3 Å². The fourth-order valence-corrected chi connectivity index (χ4v) is 3.63. The van der Waals surface area contributed by atoms with E-state index in [4.69, 9.17) is 9.47 Å². The number of aromatic nitrogens is 4. The Bertz CT molecular complexity index is 632. The molecule has 4 rings (SSSR count). The second kappa shape index (κ2) is 8.03. The van der Waals surface area contributed by atoms with E-state index in [2.05, 4.69) is 20.4 Å². The quantitative estimate of drug-likeness (QED) is 0.764. The van der Waals surface area contributed by atoms with E-state index >= 15 is 0 Å². The van der Waals surface area contributed by atoms with E-state index in [1.54, 1.807) is 0 Å². The predicted molar refractivity (Wildman–Crippen MR) is 92.4 cm³/mol. The lowest BCUT2D eigenvalue weighted by Crippen LogP contribution is -2.38. The van der Waals surface area contributed by atoms with Crippen LogP contribution in [-0.2, 0) is 16.0 Å². The molecule has 2 aromatic rings. The number of rotatable bonds is 7. The highest BCUT2D eigenvalue weighted by Gasteiger charge is 2.25. The van der Waals surface area contributed by atoms with Crippen molar-refractivity contribution >= 4 is 0 Å². The van der Waals surface area contributed by atoms with Gasteiger partial charge in [-0.15, -0.1) is 5.10 Å². The van der Waals surface area contributed by atoms with E-state index in [0.717, 1.165) is 63.5 Å². The van der Waals surface area contributed by atoms with Gasteiger partial charge in [0.05, 0.1) is 24.4 Å². The standard InChI is InChI=1S/C18H25N5O2/c1-2-6-15(7-3-1)23-18(19-20-21-23)14-22(12-16-8-4-10-24-16)13-17-9-5-11-25-17/h1-3,6-7,16-17H,4-5,8-14H2. The van der Waals surface area contributed by atoms with Crippen LogP contribution in [-0.4, -0.2) is 63.6 Å². The van der Waals surface area contributed by atoms with Crippen molar-refractivity contribution < 1.29 is 9.47 Å². The zero-order valence-electron chi connectivity index (χ0n) is 14.5. The molecule has 7 heteroatoms. The summed E-state index contributed by atoms with van der Waals surface area (Å²) in [6.45, 7) is 4.25. The Balaban J connectivity index is 1.48. The van der Waals surface area contributed by atoms with Gasteiger partial charge in [-0.25, -0.2) is 0 Å². The summed E-state index contributed by atoms with van der Waals surface area (Å²) >= 11 is 0. The molecule has 2 atom stereocenters. The van der Waals surface area contributed by atoms with Crippen molar-refractivity contribution in [1.82, 2.24) is 25.1 Å². The monoisotopic (exact) mass is 343 g/mol. The maximum absolute atomic E-state index is 5.84. The van der Waals surface area contributed by atoms with Crippen molar-refractivity contribution in [2.45, 2.75) is 44.4 Å². The first-order valence-electron chi connectivity index (χ1n) is 9.17. The Morgan fingerprint density at radius 2 is 1.68 bits per heavy atom. The third-order valence-corrected chi connectivity index (χ3v) is 4.87. The molecule has 2 saturated heterocycles. The highest BCUT2D eigenvalue weighted by Crippen LogP contribution is 2.19. The van der Waals surface area contributed by atoms with Crippen LogP contribution in [0, 0.1) is 0 Å². The zero-order chi connectivity index (χ0) is 16.9. The molecule has 0 bridgehead atoms. The molecule has 0 spiro atoms. The van der Waals surface area contributed by atoms with Gasteiger partial charge in [0.2, 0.25) is 0 Å². The molecule has 1 aromatic carbocycles. The maximum atomic E-state index is 5.84. The molecular weight excluding hydrogens is 318 g/mol. The molecule has 25 heavy (non-hydrogen) atoms. The van der Waals surface area contributed by atoms with E-state index in [9.17, 15) is 0 Å². The van der Waals surface area contributed by atoms with Crippen LogP contribution in [0.4, 0.5) is 0 Å². The normalized spacial score (nSPS) is 23.6. The molecule has 2 aliphatic rings. The second-order valence-electron chi connectivity index (χ2n) is 6.81. The number of ether oxygens (including phenoxy) is 2. The van der Waals surface area contributed by atoms with Crippen LogP contribution in [0.15, 0.2) is 30.3 Å². The van der Waals surface area contributed by atoms with Crippen LogP contribution in [0.2, 0.25) is 0 Å². The fraction of sp³-hybridized carbons (Fsp3) is 0.611. The molecule has 2 aliphatic heterocycles. The molecule has 0 amide bonds. The van der Waals surface area contributed by atoms with Gasteiger partial charge in [0.1, 0.15) is 0 Å². The van der Waals surface area contributed by atoms with Crippen molar-refractivity contribution in [2.75, 3.05) is 26.3 Å². The van der Waals surface area contributed by atoms with E-state index in [1.807, 2.05) is 35.0 Å². The van der Waals surface area contributed by atoms with Crippen molar-refractivity contribution in [3.8, 4) is 5.69 Å². The van der Waals surface area contributed by atoms with Gasteiger partial charge in [-0.1, -0.05) is 18.2 Å². The summed E-state index contributed by atoms with van der Waals surface area (Å²) in [5.41, 5.74) is 0.983. The molecular formula is C18H25N5O2. The van der Waals surface area contributed by atoms with Crippen molar-refractivity contribution in [3.05, 3.63) is 36.2 Å². The molecule has 3 heterocycles. The minimum Gasteiger partial charge on any atom is -0.377 e. The van der Waals surface area contributed by atoms with Crippen LogP contribution in [0.5, 0.6) is 0 Å². The van der Waals surface area contributed by atoms with E-state index in [0.29, 0.717) is 18.8 Å². The molecule has 1 aromatic heterocycles. The fourth-order valence-electron chi connectivity index (χ4n) is 3.63. The van der Waals surface area contributed by atoms with Crippen molar-refractivity contribution in [1.29, 1.82) is 0 Å². The number of hydrogen-bond donors (Lipinski definition) is 0. The van der Waals surface area contributed by atoms with Gasteiger partial charge in [-0.3, -0.25) is 4.90 Å². The number of nitrogens with zero attached hydrogens (tertiary/aromatic N) is 5. The first kappa shape index (κ1) is 16.6. The molecule has 2 unspecified atom stereocenters. The number of tetrazole rings is 1. The Kier molecular flexibility index (Phi) is 5.34. The molecule has 2 fully saturated rings. The largest absolute Gasteiger partial charge is 0.377 e. The van der Waals surface area contributed by atoms with Crippen LogP contribution in [0.1, 0.15) is 31.5 Å². The zero-order valence-corrected chi connectivity index (χ0v) is 14.5. The SMILES string of the molecule is c1ccc(-n2nnnc2CN(CC2CCCO2)CC2CCCO2)cc1. The van der Waals surface area contributed by atoms with Crippen LogP contribution < -0.4 is 0 Å². The Morgan fingerprint density at radius 1 is 1.00 bits per heavy atom. The Hall–Kier alpha value is -1.83. The highest BCUT2D eigenvalue weighted by molar-refractivity contribution is 5.30. The average molecular weight is 343 g/mol. The van der Waals surface area contributed by atoms with Gasteiger partial charge in [-0.05, 0) is 48.2 Å². The molecule has 134 valence electrons. The first-order valence-corrected chi connectivity index (χ1v) is 9.17. The maximum Gasteiger partial charge on any atom is 0.170 e. The third kappa shape index (κ3) is 4.23. The summed E-state index contributed by atoms with van der Waals surface area (Å²) in [6.07, 6.45) is 5.18. The van der Waals surface area contributed by atoms with Crippen molar-refractivity contribution in [3.63, 3.8) is 0 Å². The lowest BCUT2D eigenvalue weighted by atomic mass is 10.2. The van der Waals surface area contributed by atoms with Crippen LogP contribution in [0.3, 0.4) is 0 Å². The smallest absolute Gasteiger partial charge is 0.170 e. The van der Waals surface area contributed by atoms with E-state index in [-0.39, 0.29) is 0 Å². The molecule has 0 saturated carbocycles. The van der Waals surface area contributed by atoms with Gasteiger partial charge < -0.3 is 9.47 Å². The Labute approximate surface area is 147 Å². The minimum absolute atomic E-state index is 0.308. The van der Waals surface area contributed by atoms with Crippen LogP contribution >= 0.6 is 0 Å². The van der Waals surface area contributed by atoms with Gasteiger partial charge in [0.25, 0.3) is 0 Å². The number of para-hydroxylation sites is 1. The second-order valence-corrected chi connectivity index (χ2v) is 6.81. The average Bonchev–Trinajstić information content (AvgIpc) is 3.38. The van der Waals surface area contributed by atoms with Gasteiger partial charge >= 0.3 is 0 Å². The van der Waals surface area contributed by atoms with E-state index in [1.165, 1.54) is 0 Å². The molecule has 0 radical (unpaired) electrons. The number of hydrogen-bond acceptors (Lipinski definition) is 6. The number of benzene rings is 1. The first-order chi connectivity index (χ1) is 12.4. The summed E-state index contributed by atoms with van der Waals surface area (Å²) in [7, 11) is 0. The summed E-state index contributed by atoms with van der Waals surface area (Å²) < 4.78 is 13.5. The summed E-state index contributed by atoms with van der Waals surface area (Å²) in [4.78, 5) is 2.39. The lowest BCUT2D eigenvalue weighted by Gasteiger charge is -2.27. The van der Waals surface area contributed by atoms with Crippen LogP contribution in [0.25, 0.3) is 5.69 Å². The molecule has 0 aliphatic carbocycles. The highest BCUT2D eigenvalue weighted by atomic mass is 16.5. The summed E-state index contributed by atoms with van der Waals surface area (Å²) in [6, 6.07) is 10.0. The van der Waals surface area contributed by atoms with Crippen molar-refractivity contribution in [2.24, 2.45) is 0 Å². The third-order valence-electron chi connectivity index (χ3n) is 4.87. The molecule has 0 N–H and O–H groups in total. The van der Waals surface area contributed by atoms with E-state index < -0.39 is 0 Å². The Morgan fingerprint density at radius 3 is 2.28 bits per heavy atom. The predicted octanol–water partition coefficient (Wildman–Crippen LogP) is 1.82. The minimum atomic E-state index is 0.308. The topological polar surface area (TPSA) is 65.3 Å². The molecule has 7 nitrogen and oxygen atoms in total. The summed E-state index contributed by atoms with van der Waals surface area (Å²) in [5.74, 6) is 0.849. The summed E-state index contributed by atoms with van der Waals surface area (Å²) in [5, 5.41) is 12.3.